The van der Waals surface area contributed by atoms with Crippen LogP contribution in [-0.2, 0) is 4.79 Å². The van der Waals surface area contributed by atoms with Crippen molar-refractivity contribution in [3.05, 3.63) is 88.4 Å². The highest BCUT2D eigenvalue weighted by atomic mass is 79.9. The SMILES string of the molecule is Cc1ccccc1-c1ccc(C(=O)NCCC(=O)Nc2ccc(Br)cc2)cc1. The molecule has 0 heterocycles. The smallest absolute Gasteiger partial charge is 0.251 e. The molecular weight excluding hydrogens is 416 g/mol. The Morgan fingerprint density at radius 1 is 0.893 bits per heavy atom. The number of carbonyl (C=O) groups excluding carboxylic acids is 2. The molecule has 28 heavy (non-hydrogen) atoms. The van der Waals surface area contributed by atoms with Crippen LogP contribution in [0.15, 0.2) is 77.3 Å². The van der Waals surface area contributed by atoms with Crippen molar-refractivity contribution in [1.82, 2.24) is 5.32 Å². The standard InChI is InChI=1S/C23H21BrN2O2/c1-16-4-2-3-5-21(16)17-6-8-18(9-7-17)23(28)25-15-14-22(27)26-20-12-10-19(24)11-13-20/h2-13H,14-15H2,1H3,(H,25,28)(H,26,27). The first-order chi connectivity index (χ1) is 13.5. The Bertz CT molecular complexity index is 967. The van der Waals surface area contributed by atoms with Gasteiger partial charge < -0.3 is 10.6 Å². The maximum atomic E-state index is 12.3. The third kappa shape index (κ3) is 5.30. The zero-order valence-electron chi connectivity index (χ0n) is 15.5. The second-order valence-electron chi connectivity index (χ2n) is 6.45. The quantitative estimate of drug-likeness (QED) is 0.558. The van der Waals surface area contributed by atoms with E-state index in [0.29, 0.717) is 5.56 Å². The highest BCUT2D eigenvalue weighted by Crippen LogP contribution is 2.23. The molecule has 0 aliphatic rings. The summed E-state index contributed by atoms with van der Waals surface area (Å²) in [6.45, 7) is 2.34. The summed E-state index contributed by atoms with van der Waals surface area (Å²) in [4.78, 5) is 24.3. The Hall–Kier alpha value is -2.92. The molecule has 0 aliphatic heterocycles. The molecule has 0 saturated carbocycles. The summed E-state index contributed by atoms with van der Waals surface area (Å²) in [5.74, 6) is -0.328. The minimum Gasteiger partial charge on any atom is -0.352 e. The Kier molecular flexibility index (Phi) is 6.61. The van der Waals surface area contributed by atoms with Crippen LogP contribution in [0.25, 0.3) is 11.1 Å². The fraction of sp³-hybridized carbons (Fsp3) is 0.130. The second-order valence-corrected chi connectivity index (χ2v) is 7.37. The zero-order valence-corrected chi connectivity index (χ0v) is 17.1. The van der Waals surface area contributed by atoms with Crippen molar-refractivity contribution >= 4 is 33.4 Å². The summed E-state index contributed by atoms with van der Waals surface area (Å²) in [6, 6.07) is 23.0. The van der Waals surface area contributed by atoms with Crippen LogP contribution >= 0.6 is 15.9 Å². The van der Waals surface area contributed by atoms with Gasteiger partial charge in [0.1, 0.15) is 0 Å². The molecule has 4 nitrogen and oxygen atoms in total. The van der Waals surface area contributed by atoms with Gasteiger partial charge in [0.2, 0.25) is 5.91 Å². The minimum atomic E-state index is -0.187. The Morgan fingerprint density at radius 3 is 2.25 bits per heavy atom. The molecule has 3 rings (SSSR count). The van der Waals surface area contributed by atoms with Gasteiger partial charge in [-0.2, -0.15) is 0 Å². The van der Waals surface area contributed by atoms with E-state index in [9.17, 15) is 9.59 Å². The number of rotatable bonds is 6. The summed E-state index contributed by atoms with van der Waals surface area (Å²) < 4.78 is 0.950. The van der Waals surface area contributed by atoms with E-state index in [4.69, 9.17) is 0 Å². The molecule has 0 radical (unpaired) electrons. The van der Waals surface area contributed by atoms with Gasteiger partial charge >= 0.3 is 0 Å². The van der Waals surface area contributed by atoms with Crippen LogP contribution < -0.4 is 10.6 Å². The number of nitrogens with one attached hydrogen (secondary N) is 2. The lowest BCUT2D eigenvalue weighted by atomic mass is 9.99. The van der Waals surface area contributed by atoms with Crippen molar-refractivity contribution in [2.75, 3.05) is 11.9 Å². The number of hydrogen-bond acceptors (Lipinski definition) is 2. The average Bonchev–Trinajstić information content (AvgIpc) is 2.70. The zero-order chi connectivity index (χ0) is 19.9. The maximum absolute atomic E-state index is 12.3. The van der Waals surface area contributed by atoms with E-state index >= 15 is 0 Å². The molecule has 0 spiro atoms. The lowest BCUT2D eigenvalue weighted by molar-refractivity contribution is -0.116. The van der Waals surface area contributed by atoms with Crippen LogP contribution in [0.1, 0.15) is 22.3 Å². The number of amides is 2. The van der Waals surface area contributed by atoms with Gasteiger partial charge in [-0.15, -0.1) is 0 Å². The van der Waals surface area contributed by atoms with E-state index in [0.717, 1.165) is 21.3 Å². The number of carbonyl (C=O) groups is 2. The fourth-order valence-electron chi connectivity index (χ4n) is 2.85. The summed E-state index contributed by atoms with van der Waals surface area (Å²) in [6.07, 6.45) is 0.211. The first-order valence-electron chi connectivity index (χ1n) is 9.02. The van der Waals surface area contributed by atoms with Gasteiger partial charge in [-0.25, -0.2) is 0 Å². The monoisotopic (exact) mass is 436 g/mol. The Morgan fingerprint density at radius 2 is 1.57 bits per heavy atom. The first-order valence-corrected chi connectivity index (χ1v) is 9.82. The molecular formula is C23H21BrN2O2. The number of anilines is 1. The molecule has 3 aromatic carbocycles. The van der Waals surface area contributed by atoms with Crippen LogP contribution in [-0.4, -0.2) is 18.4 Å². The molecule has 0 atom stereocenters. The van der Waals surface area contributed by atoms with Crippen LogP contribution in [0.2, 0.25) is 0 Å². The Balaban J connectivity index is 1.50. The summed E-state index contributed by atoms with van der Waals surface area (Å²) in [5.41, 5.74) is 4.72. The largest absolute Gasteiger partial charge is 0.352 e. The lowest BCUT2D eigenvalue weighted by Gasteiger charge is -2.09. The number of aryl methyl sites for hydroxylation is 1. The van der Waals surface area contributed by atoms with E-state index in [-0.39, 0.29) is 24.8 Å². The predicted octanol–water partition coefficient (Wildman–Crippen LogP) is 5.18. The topological polar surface area (TPSA) is 58.2 Å². The van der Waals surface area contributed by atoms with Gasteiger partial charge in [-0.1, -0.05) is 52.3 Å². The summed E-state index contributed by atoms with van der Waals surface area (Å²) >= 11 is 3.35. The lowest BCUT2D eigenvalue weighted by Crippen LogP contribution is -2.27. The van der Waals surface area contributed by atoms with E-state index in [2.05, 4.69) is 45.6 Å². The van der Waals surface area contributed by atoms with Gasteiger partial charge in [0.15, 0.2) is 0 Å². The van der Waals surface area contributed by atoms with Gasteiger partial charge in [0.05, 0.1) is 0 Å². The van der Waals surface area contributed by atoms with Gasteiger partial charge in [-0.3, -0.25) is 9.59 Å². The average molecular weight is 437 g/mol. The second kappa shape index (κ2) is 9.33. The fourth-order valence-corrected chi connectivity index (χ4v) is 3.11. The number of halogens is 1. The third-order valence-electron chi connectivity index (χ3n) is 4.37. The van der Waals surface area contributed by atoms with Crippen LogP contribution in [0, 0.1) is 6.92 Å². The molecule has 5 heteroatoms. The molecule has 0 aromatic heterocycles. The normalized spacial score (nSPS) is 10.4. The number of hydrogen-bond donors (Lipinski definition) is 2. The van der Waals surface area contributed by atoms with Crippen LogP contribution in [0.4, 0.5) is 5.69 Å². The molecule has 2 N–H and O–H groups in total. The molecule has 0 fully saturated rings. The van der Waals surface area contributed by atoms with Crippen molar-refractivity contribution in [3.63, 3.8) is 0 Å². The highest BCUT2D eigenvalue weighted by molar-refractivity contribution is 9.10. The van der Waals surface area contributed by atoms with Crippen molar-refractivity contribution in [2.24, 2.45) is 0 Å². The van der Waals surface area contributed by atoms with Crippen molar-refractivity contribution in [3.8, 4) is 11.1 Å². The van der Waals surface area contributed by atoms with E-state index in [1.165, 1.54) is 5.56 Å². The molecule has 0 saturated heterocycles. The molecule has 142 valence electrons. The highest BCUT2D eigenvalue weighted by Gasteiger charge is 2.08. The van der Waals surface area contributed by atoms with E-state index in [1.807, 2.05) is 48.5 Å². The predicted molar refractivity (Wildman–Crippen MR) is 116 cm³/mol. The number of benzene rings is 3. The third-order valence-corrected chi connectivity index (χ3v) is 4.90. The van der Waals surface area contributed by atoms with Crippen LogP contribution in [0.3, 0.4) is 0 Å². The molecule has 3 aromatic rings. The van der Waals surface area contributed by atoms with Crippen LogP contribution in [0.5, 0.6) is 0 Å². The molecule has 0 bridgehead atoms. The van der Waals surface area contributed by atoms with Gasteiger partial charge in [0, 0.05) is 28.7 Å². The molecule has 0 unspecified atom stereocenters. The molecule has 0 aliphatic carbocycles. The minimum absolute atomic E-state index is 0.141. The summed E-state index contributed by atoms with van der Waals surface area (Å²) in [7, 11) is 0. The molecule has 2 amide bonds. The Labute approximate surface area is 173 Å². The first kappa shape index (κ1) is 19.8. The van der Waals surface area contributed by atoms with Gasteiger partial charge in [-0.05, 0) is 60.0 Å². The van der Waals surface area contributed by atoms with Crippen molar-refractivity contribution < 1.29 is 9.59 Å². The van der Waals surface area contributed by atoms with E-state index in [1.54, 1.807) is 12.1 Å². The van der Waals surface area contributed by atoms with E-state index < -0.39 is 0 Å². The van der Waals surface area contributed by atoms with Crippen molar-refractivity contribution in [1.29, 1.82) is 0 Å². The van der Waals surface area contributed by atoms with Crippen molar-refractivity contribution in [2.45, 2.75) is 13.3 Å². The van der Waals surface area contributed by atoms with Gasteiger partial charge in [0.25, 0.3) is 5.91 Å². The maximum Gasteiger partial charge on any atom is 0.251 e. The summed E-state index contributed by atoms with van der Waals surface area (Å²) in [5, 5.41) is 5.59.